The van der Waals surface area contributed by atoms with Crippen LogP contribution >= 0.6 is 23.2 Å². The van der Waals surface area contributed by atoms with Gasteiger partial charge in [-0.15, -0.1) is 0 Å². The van der Waals surface area contributed by atoms with Crippen LogP contribution in [0.1, 0.15) is 16.1 Å². The Morgan fingerprint density at radius 3 is 2.59 bits per heavy atom. The minimum Gasteiger partial charge on any atom is -0.465 e. The summed E-state index contributed by atoms with van der Waals surface area (Å²) in [5.41, 5.74) is 0.244. The van der Waals surface area contributed by atoms with E-state index in [4.69, 9.17) is 27.6 Å². The lowest BCUT2D eigenvalue weighted by Gasteiger charge is -2.09. The maximum absolute atomic E-state index is 12.2. The van der Waals surface area contributed by atoms with E-state index in [0.29, 0.717) is 10.8 Å². The van der Waals surface area contributed by atoms with Gasteiger partial charge in [0.2, 0.25) is 0 Å². The number of carbonyl (C=O) groups excluding carboxylic acids is 2. The summed E-state index contributed by atoms with van der Waals surface area (Å²) in [5, 5.41) is 5.56. The summed E-state index contributed by atoms with van der Waals surface area (Å²) in [4.78, 5) is 24.1. The second-order valence-corrected chi connectivity index (χ2v) is 5.07. The van der Waals surface area contributed by atoms with E-state index < -0.39 is 11.8 Å². The van der Waals surface area contributed by atoms with Crippen molar-refractivity contribution in [2.24, 2.45) is 0 Å². The number of rotatable bonds is 4. The van der Waals surface area contributed by atoms with E-state index in [0.717, 1.165) is 0 Å². The molecule has 0 saturated heterocycles. The van der Waals surface area contributed by atoms with Crippen molar-refractivity contribution >= 4 is 41.1 Å². The highest BCUT2D eigenvalue weighted by molar-refractivity contribution is 6.36. The Bertz CT molecular complexity index is 724. The highest BCUT2D eigenvalue weighted by Crippen LogP contribution is 2.21. The van der Waals surface area contributed by atoms with Gasteiger partial charge in [-0.3, -0.25) is 9.59 Å². The van der Waals surface area contributed by atoms with Crippen LogP contribution in [0.25, 0.3) is 6.08 Å². The van der Waals surface area contributed by atoms with E-state index in [1.807, 2.05) is 0 Å². The van der Waals surface area contributed by atoms with Gasteiger partial charge in [0.25, 0.3) is 11.8 Å². The van der Waals surface area contributed by atoms with Gasteiger partial charge in [-0.2, -0.15) is 0 Å². The third kappa shape index (κ3) is 3.90. The van der Waals surface area contributed by atoms with Crippen LogP contribution in [0.4, 0.5) is 0 Å². The van der Waals surface area contributed by atoms with Crippen molar-refractivity contribution in [3.63, 3.8) is 0 Å². The molecule has 0 bridgehead atoms. The number of carbonyl (C=O) groups is 2. The van der Waals surface area contributed by atoms with Crippen molar-refractivity contribution in [3.8, 4) is 0 Å². The van der Waals surface area contributed by atoms with E-state index in [2.05, 4.69) is 10.6 Å². The smallest absolute Gasteiger partial charge is 0.267 e. The van der Waals surface area contributed by atoms with Crippen LogP contribution in [-0.2, 0) is 4.79 Å². The molecule has 1 aromatic carbocycles. The fraction of sp³-hybridized carbons (Fsp3) is 0.0667. The molecule has 2 rings (SSSR count). The van der Waals surface area contributed by atoms with Crippen LogP contribution < -0.4 is 10.6 Å². The van der Waals surface area contributed by atoms with Gasteiger partial charge in [0.15, 0.2) is 0 Å². The molecule has 0 aliphatic heterocycles. The van der Waals surface area contributed by atoms with Gasteiger partial charge in [-0.05, 0) is 30.3 Å². The maximum Gasteiger partial charge on any atom is 0.267 e. The van der Waals surface area contributed by atoms with Crippen molar-refractivity contribution in [2.45, 2.75) is 0 Å². The topological polar surface area (TPSA) is 71.3 Å². The van der Waals surface area contributed by atoms with Gasteiger partial charge in [-0.1, -0.05) is 23.2 Å². The molecule has 1 aromatic heterocycles. The highest BCUT2D eigenvalue weighted by atomic mass is 35.5. The fourth-order valence-electron chi connectivity index (χ4n) is 1.67. The highest BCUT2D eigenvalue weighted by Gasteiger charge is 2.16. The predicted molar refractivity (Wildman–Crippen MR) is 84.7 cm³/mol. The molecule has 0 atom stereocenters. The molecule has 0 fully saturated rings. The van der Waals surface area contributed by atoms with Crippen molar-refractivity contribution in [1.29, 1.82) is 0 Å². The summed E-state index contributed by atoms with van der Waals surface area (Å²) >= 11 is 11.8. The average molecular weight is 339 g/mol. The zero-order valence-electron chi connectivity index (χ0n) is 11.5. The standard InChI is InChI=1S/C15H12Cl2N2O3/c1-18-15(21)13(8-10-3-2-6-22-10)19-14(20)11-5-4-9(16)7-12(11)17/h2-8H,1H3,(H,18,21)(H,19,20)/b13-8+. The lowest BCUT2D eigenvalue weighted by Crippen LogP contribution is -2.33. The van der Waals surface area contributed by atoms with Gasteiger partial charge in [0, 0.05) is 18.1 Å². The number of amides is 2. The largest absolute Gasteiger partial charge is 0.465 e. The molecular weight excluding hydrogens is 327 g/mol. The van der Waals surface area contributed by atoms with Crippen molar-refractivity contribution in [3.05, 3.63) is 63.7 Å². The molecule has 2 amide bonds. The summed E-state index contributed by atoms with van der Waals surface area (Å²) in [6, 6.07) is 7.80. The number of halogens is 2. The molecule has 2 aromatic rings. The van der Waals surface area contributed by atoms with E-state index in [-0.39, 0.29) is 16.3 Å². The van der Waals surface area contributed by atoms with Crippen LogP contribution in [0.5, 0.6) is 0 Å². The number of hydrogen-bond acceptors (Lipinski definition) is 3. The normalized spacial score (nSPS) is 11.1. The van der Waals surface area contributed by atoms with Crippen LogP contribution in [-0.4, -0.2) is 18.9 Å². The minimum atomic E-state index is -0.525. The molecule has 0 radical (unpaired) electrons. The lowest BCUT2D eigenvalue weighted by molar-refractivity contribution is -0.117. The van der Waals surface area contributed by atoms with E-state index in [1.54, 1.807) is 12.1 Å². The molecule has 1 heterocycles. The number of nitrogens with one attached hydrogen (secondary N) is 2. The minimum absolute atomic E-state index is 0.0356. The second-order valence-electron chi connectivity index (χ2n) is 4.23. The SMILES string of the molecule is CNC(=O)/C(=C\c1ccco1)NC(=O)c1ccc(Cl)cc1Cl. The van der Waals surface area contributed by atoms with Gasteiger partial charge < -0.3 is 15.1 Å². The molecule has 22 heavy (non-hydrogen) atoms. The van der Waals surface area contributed by atoms with Crippen LogP contribution in [0, 0.1) is 0 Å². The monoisotopic (exact) mass is 338 g/mol. The average Bonchev–Trinajstić information content (AvgIpc) is 2.98. The Morgan fingerprint density at radius 1 is 1.23 bits per heavy atom. The third-order valence-corrected chi connectivity index (χ3v) is 3.27. The van der Waals surface area contributed by atoms with Gasteiger partial charge in [0.1, 0.15) is 11.5 Å². The molecule has 7 heteroatoms. The number of hydrogen-bond donors (Lipinski definition) is 2. The molecule has 5 nitrogen and oxygen atoms in total. The lowest BCUT2D eigenvalue weighted by atomic mass is 10.2. The van der Waals surface area contributed by atoms with Gasteiger partial charge in [-0.25, -0.2) is 0 Å². The summed E-state index contributed by atoms with van der Waals surface area (Å²) < 4.78 is 5.13. The first-order chi connectivity index (χ1) is 10.5. The van der Waals surface area contributed by atoms with Crippen molar-refractivity contribution < 1.29 is 14.0 Å². The number of furan rings is 1. The predicted octanol–water partition coefficient (Wildman–Crippen LogP) is 3.10. The molecule has 0 unspecified atom stereocenters. The summed E-state index contributed by atoms with van der Waals surface area (Å²) in [7, 11) is 1.46. The van der Waals surface area contributed by atoms with Crippen molar-refractivity contribution in [1.82, 2.24) is 10.6 Å². The Kier molecular flexibility index (Phi) is 5.25. The number of benzene rings is 1. The number of likely N-dealkylation sites (N-methyl/N-ethyl adjacent to an activating group) is 1. The molecule has 2 N–H and O–H groups in total. The molecule has 0 saturated carbocycles. The Labute approximate surface area is 136 Å². The third-order valence-electron chi connectivity index (χ3n) is 2.73. The zero-order chi connectivity index (χ0) is 16.1. The zero-order valence-corrected chi connectivity index (χ0v) is 13.0. The first-order valence-corrected chi connectivity index (χ1v) is 7.00. The molecule has 0 aliphatic carbocycles. The summed E-state index contributed by atoms with van der Waals surface area (Å²) in [6.07, 6.45) is 2.88. The molecule has 0 spiro atoms. The Balaban J connectivity index is 2.27. The Hall–Kier alpha value is -2.24. The second kappa shape index (κ2) is 7.15. The fourth-order valence-corrected chi connectivity index (χ4v) is 2.17. The summed E-state index contributed by atoms with van der Waals surface area (Å²) in [6.45, 7) is 0. The van der Waals surface area contributed by atoms with E-state index >= 15 is 0 Å². The van der Waals surface area contributed by atoms with E-state index in [1.165, 1.54) is 37.6 Å². The maximum atomic E-state index is 12.2. The Morgan fingerprint density at radius 2 is 2.00 bits per heavy atom. The van der Waals surface area contributed by atoms with Crippen molar-refractivity contribution in [2.75, 3.05) is 7.05 Å². The van der Waals surface area contributed by atoms with Gasteiger partial charge >= 0.3 is 0 Å². The molecular formula is C15H12Cl2N2O3. The first-order valence-electron chi connectivity index (χ1n) is 6.25. The van der Waals surface area contributed by atoms with Crippen LogP contribution in [0.15, 0.2) is 46.7 Å². The molecule has 114 valence electrons. The first kappa shape index (κ1) is 16.1. The van der Waals surface area contributed by atoms with Gasteiger partial charge in [0.05, 0.1) is 16.8 Å². The summed E-state index contributed by atoms with van der Waals surface area (Å²) in [5.74, 6) is -0.556. The van der Waals surface area contributed by atoms with Crippen LogP contribution in [0.3, 0.4) is 0 Å². The molecule has 0 aliphatic rings. The quantitative estimate of drug-likeness (QED) is 0.841. The van der Waals surface area contributed by atoms with E-state index in [9.17, 15) is 9.59 Å². The van der Waals surface area contributed by atoms with Crippen LogP contribution in [0.2, 0.25) is 10.0 Å².